The summed E-state index contributed by atoms with van der Waals surface area (Å²) in [6.07, 6.45) is 8.98. The van der Waals surface area contributed by atoms with Gasteiger partial charge in [-0.15, -0.1) is 0 Å². The number of unbranched alkanes of at least 4 members (excludes halogenated alkanes) is 1. The van der Waals surface area contributed by atoms with Crippen molar-refractivity contribution in [2.24, 2.45) is 16.9 Å². The summed E-state index contributed by atoms with van der Waals surface area (Å²) < 4.78 is 0. The normalized spacial score (nSPS) is 17.5. The number of primary amides is 1. The quantitative estimate of drug-likeness (QED) is 0.191. The molecule has 0 saturated heterocycles. The van der Waals surface area contributed by atoms with Crippen molar-refractivity contribution in [3.05, 3.63) is 78.4 Å². The predicted octanol–water partition coefficient (Wildman–Crippen LogP) is 3.93. The first-order valence-corrected chi connectivity index (χ1v) is 14.5. The number of allylic oxidation sites excluding steroid dienone is 4. The molecule has 0 spiro atoms. The minimum absolute atomic E-state index is 0.104. The summed E-state index contributed by atoms with van der Waals surface area (Å²) in [5.74, 6) is -2.77. The number of carbonyl (C=O) groups is 4. The van der Waals surface area contributed by atoms with E-state index in [0.717, 1.165) is 23.1 Å². The van der Waals surface area contributed by atoms with Gasteiger partial charge in [-0.2, -0.15) is 0 Å². The van der Waals surface area contributed by atoms with Crippen LogP contribution in [0.4, 0.5) is 0 Å². The first kappa shape index (κ1) is 32.3. The molecule has 0 bridgehead atoms. The Morgan fingerprint density at radius 2 is 1.55 bits per heavy atom. The summed E-state index contributed by atoms with van der Waals surface area (Å²) in [6, 6.07) is 16.6. The van der Waals surface area contributed by atoms with E-state index in [1.165, 1.54) is 5.56 Å². The number of carboxylic acids is 1. The second kappa shape index (κ2) is 15.7. The highest BCUT2D eigenvalue weighted by Gasteiger charge is 2.28. The van der Waals surface area contributed by atoms with Crippen LogP contribution in [-0.2, 0) is 19.2 Å². The van der Waals surface area contributed by atoms with Gasteiger partial charge in [-0.25, -0.2) is 0 Å². The van der Waals surface area contributed by atoms with Crippen LogP contribution in [0.25, 0.3) is 16.7 Å². The third-order valence-electron chi connectivity index (χ3n) is 7.61. The molecule has 2 unspecified atom stereocenters. The van der Waals surface area contributed by atoms with E-state index in [0.29, 0.717) is 32.2 Å². The predicted molar refractivity (Wildman–Crippen MR) is 164 cm³/mol. The Hall–Kier alpha value is -4.24. The maximum atomic E-state index is 12.9. The molecule has 1 aliphatic rings. The molecule has 42 heavy (non-hydrogen) atoms. The molecule has 9 heteroatoms. The molecule has 224 valence electrons. The lowest BCUT2D eigenvalue weighted by Crippen LogP contribution is -2.53. The number of amides is 3. The summed E-state index contributed by atoms with van der Waals surface area (Å²) in [6.45, 7) is 2.53. The van der Waals surface area contributed by atoms with Crippen LogP contribution in [0, 0.1) is 5.41 Å². The monoisotopic (exact) mass is 574 g/mol. The molecule has 3 rings (SSSR count). The van der Waals surface area contributed by atoms with E-state index in [1.807, 2.05) is 18.2 Å². The van der Waals surface area contributed by atoms with Gasteiger partial charge in [0.05, 0.1) is 0 Å². The number of carboxylic acid groups (broad SMARTS) is 1. The molecular formula is C33H42N4O5. The standard InChI is InChI=1S/C33H42N4O5/c1-33(19-16-26(17-20-33)25-12-10-24(11-13-25)23-7-3-2-4-8-23)21-18-29(38)36-28(14-15-30(39)40)32(42)37-27(31(35)41)9-5-6-22-34/h2-4,7-8,10-13,16-17,19,27-28H,5-6,9,14-15,18,20-22,34H2,1H3,(H2,35,41)(H,36,38)(H,37,42)(H,39,40)/t27-,28?,33?/m0/s1. The molecule has 0 aliphatic heterocycles. The minimum Gasteiger partial charge on any atom is -0.481 e. The fraction of sp³-hybridized carbons (Fsp3) is 0.394. The first-order valence-electron chi connectivity index (χ1n) is 14.5. The van der Waals surface area contributed by atoms with E-state index in [1.54, 1.807) is 0 Å². The topological polar surface area (TPSA) is 165 Å². The number of hydrogen-bond acceptors (Lipinski definition) is 5. The Morgan fingerprint density at radius 1 is 0.881 bits per heavy atom. The Labute approximate surface area is 247 Å². The minimum atomic E-state index is -1.09. The summed E-state index contributed by atoms with van der Waals surface area (Å²) in [7, 11) is 0. The smallest absolute Gasteiger partial charge is 0.303 e. The third-order valence-corrected chi connectivity index (χ3v) is 7.61. The average molecular weight is 575 g/mol. The largest absolute Gasteiger partial charge is 0.481 e. The van der Waals surface area contributed by atoms with Crippen molar-refractivity contribution >= 4 is 29.3 Å². The van der Waals surface area contributed by atoms with Gasteiger partial charge in [-0.1, -0.05) is 79.7 Å². The van der Waals surface area contributed by atoms with Crippen LogP contribution >= 0.6 is 0 Å². The Bertz CT molecular complexity index is 1290. The lowest BCUT2D eigenvalue weighted by Gasteiger charge is -2.28. The number of hydrogen-bond donors (Lipinski definition) is 5. The molecular weight excluding hydrogens is 532 g/mol. The summed E-state index contributed by atoms with van der Waals surface area (Å²) in [5, 5.41) is 14.4. The van der Waals surface area contributed by atoms with Crippen LogP contribution in [0.1, 0.15) is 63.9 Å². The van der Waals surface area contributed by atoms with Gasteiger partial charge in [0.2, 0.25) is 17.7 Å². The van der Waals surface area contributed by atoms with Crippen molar-refractivity contribution in [2.45, 2.75) is 70.4 Å². The highest BCUT2D eigenvalue weighted by atomic mass is 16.4. The number of rotatable bonds is 16. The zero-order chi connectivity index (χ0) is 30.5. The zero-order valence-corrected chi connectivity index (χ0v) is 24.2. The van der Waals surface area contributed by atoms with E-state index >= 15 is 0 Å². The van der Waals surface area contributed by atoms with Gasteiger partial charge in [0.15, 0.2) is 0 Å². The molecule has 1 aliphatic carbocycles. The number of benzene rings is 2. The molecule has 2 aromatic rings. The summed E-state index contributed by atoms with van der Waals surface area (Å²) in [5.41, 5.74) is 15.3. The maximum Gasteiger partial charge on any atom is 0.303 e. The lowest BCUT2D eigenvalue weighted by molar-refractivity contribution is -0.138. The van der Waals surface area contributed by atoms with Crippen molar-refractivity contribution < 1.29 is 24.3 Å². The van der Waals surface area contributed by atoms with Gasteiger partial charge in [-0.05, 0) is 72.7 Å². The Balaban J connectivity index is 1.55. The lowest BCUT2D eigenvalue weighted by atomic mass is 9.77. The van der Waals surface area contributed by atoms with Crippen LogP contribution in [0.5, 0.6) is 0 Å². The average Bonchev–Trinajstić information content (AvgIpc) is 2.98. The molecule has 0 fully saturated rings. The second-order valence-corrected chi connectivity index (χ2v) is 11.1. The van der Waals surface area contributed by atoms with Gasteiger partial charge in [0.25, 0.3) is 0 Å². The molecule has 0 heterocycles. The van der Waals surface area contributed by atoms with Crippen molar-refractivity contribution in [2.75, 3.05) is 6.54 Å². The molecule has 7 N–H and O–H groups in total. The fourth-order valence-corrected chi connectivity index (χ4v) is 4.91. The van der Waals surface area contributed by atoms with Crippen LogP contribution in [0.2, 0.25) is 0 Å². The Kier molecular flexibility index (Phi) is 12.0. The second-order valence-electron chi connectivity index (χ2n) is 11.1. The highest BCUT2D eigenvalue weighted by Crippen LogP contribution is 2.37. The van der Waals surface area contributed by atoms with Gasteiger partial charge < -0.3 is 27.2 Å². The Morgan fingerprint density at radius 3 is 2.14 bits per heavy atom. The number of nitrogens with two attached hydrogens (primary N) is 2. The van der Waals surface area contributed by atoms with E-state index < -0.39 is 29.9 Å². The van der Waals surface area contributed by atoms with Crippen LogP contribution in [-0.4, -0.2) is 47.4 Å². The molecule has 2 aromatic carbocycles. The van der Waals surface area contributed by atoms with Crippen molar-refractivity contribution in [3.8, 4) is 11.1 Å². The van der Waals surface area contributed by atoms with Crippen molar-refractivity contribution in [3.63, 3.8) is 0 Å². The summed E-state index contributed by atoms with van der Waals surface area (Å²) in [4.78, 5) is 48.8. The molecule has 3 amide bonds. The highest BCUT2D eigenvalue weighted by molar-refractivity contribution is 5.92. The van der Waals surface area contributed by atoms with Crippen LogP contribution < -0.4 is 22.1 Å². The maximum absolute atomic E-state index is 12.9. The number of nitrogens with one attached hydrogen (secondary N) is 2. The summed E-state index contributed by atoms with van der Waals surface area (Å²) >= 11 is 0. The van der Waals surface area contributed by atoms with Gasteiger partial charge in [0.1, 0.15) is 12.1 Å². The molecule has 3 atom stereocenters. The van der Waals surface area contributed by atoms with E-state index in [9.17, 15) is 19.2 Å². The molecule has 0 radical (unpaired) electrons. The SMILES string of the molecule is CC1(CCC(=O)NC(CCC(=O)O)C(=O)N[C@@H](CCCCN)C(N)=O)C=CC(c2ccc(-c3ccccc3)cc2)=CC1. The zero-order valence-electron chi connectivity index (χ0n) is 24.2. The van der Waals surface area contributed by atoms with E-state index in [4.69, 9.17) is 16.6 Å². The first-order chi connectivity index (χ1) is 20.1. The molecule has 9 nitrogen and oxygen atoms in total. The molecule has 0 aromatic heterocycles. The van der Waals surface area contributed by atoms with Crippen LogP contribution in [0.15, 0.2) is 72.8 Å². The number of carbonyl (C=O) groups excluding carboxylic acids is 3. The fourth-order valence-electron chi connectivity index (χ4n) is 4.91. The van der Waals surface area contributed by atoms with E-state index in [2.05, 4.69) is 72.2 Å². The molecule has 0 saturated carbocycles. The van der Waals surface area contributed by atoms with E-state index in [-0.39, 0.29) is 30.6 Å². The van der Waals surface area contributed by atoms with Crippen molar-refractivity contribution in [1.29, 1.82) is 0 Å². The van der Waals surface area contributed by atoms with Gasteiger partial charge in [0, 0.05) is 12.8 Å². The van der Waals surface area contributed by atoms with Gasteiger partial charge >= 0.3 is 5.97 Å². The van der Waals surface area contributed by atoms with Crippen LogP contribution in [0.3, 0.4) is 0 Å². The van der Waals surface area contributed by atoms with Gasteiger partial charge in [-0.3, -0.25) is 19.2 Å². The number of aliphatic carboxylic acids is 1. The third kappa shape index (κ3) is 9.99. The van der Waals surface area contributed by atoms with Crippen molar-refractivity contribution in [1.82, 2.24) is 10.6 Å².